The Balaban J connectivity index is 1.86. The van der Waals surface area contributed by atoms with Crippen molar-refractivity contribution < 1.29 is 4.79 Å². The standard InChI is InChI=1S/C17H17N5OS/c1-12-20-21-17(24-11-14-5-4-8-18-10-14)22(12)16-7-3-6-15(9-16)19-13(2)23/h3-10H,11H2,1-2H3,(H,19,23). The van der Waals surface area contributed by atoms with Crippen molar-refractivity contribution in [2.45, 2.75) is 24.8 Å². The van der Waals surface area contributed by atoms with Gasteiger partial charge in [-0.1, -0.05) is 23.9 Å². The van der Waals surface area contributed by atoms with Gasteiger partial charge in [-0.25, -0.2) is 0 Å². The number of carbonyl (C=O) groups excluding carboxylic acids is 1. The number of amides is 1. The first-order valence-corrected chi connectivity index (χ1v) is 8.44. The van der Waals surface area contributed by atoms with Crippen molar-refractivity contribution in [3.8, 4) is 5.69 Å². The van der Waals surface area contributed by atoms with E-state index in [4.69, 9.17) is 0 Å². The van der Waals surface area contributed by atoms with Gasteiger partial charge in [-0.15, -0.1) is 10.2 Å². The van der Waals surface area contributed by atoms with Gasteiger partial charge in [-0.05, 0) is 36.8 Å². The van der Waals surface area contributed by atoms with Crippen LogP contribution in [-0.2, 0) is 10.5 Å². The van der Waals surface area contributed by atoms with E-state index in [1.165, 1.54) is 6.92 Å². The Labute approximate surface area is 144 Å². The Morgan fingerprint density at radius 3 is 2.88 bits per heavy atom. The third-order valence-electron chi connectivity index (χ3n) is 3.31. The zero-order valence-corrected chi connectivity index (χ0v) is 14.2. The number of rotatable bonds is 5. The molecule has 1 amide bonds. The molecule has 0 saturated heterocycles. The van der Waals surface area contributed by atoms with Crippen molar-refractivity contribution in [2.24, 2.45) is 0 Å². The minimum atomic E-state index is -0.0983. The number of carbonyl (C=O) groups is 1. The Kier molecular flexibility index (Phi) is 4.90. The molecule has 2 heterocycles. The van der Waals surface area contributed by atoms with E-state index in [9.17, 15) is 4.79 Å². The molecule has 6 nitrogen and oxygen atoms in total. The lowest BCUT2D eigenvalue weighted by molar-refractivity contribution is -0.114. The van der Waals surface area contributed by atoms with Crippen LogP contribution in [0.3, 0.4) is 0 Å². The van der Waals surface area contributed by atoms with Gasteiger partial charge >= 0.3 is 0 Å². The molecule has 0 saturated carbocycles. The van der Waals surface area contributed by atoms with Crippen LogP contribution in [0.2, 0.25) is 0 Å². The fourth-order valence-electron chi connectivity index (χ4n) is 2.29. The molecule has 2 aromatic heterocycles. The van der Waals surface area contributed by atoms with E-state index in [1.54, 1.807) is 18.0 Å². The maximum atomic E-state index is 11.3. The van der Waals surface area contributed by atoms with Gasteiger partial charge < -0.3 is 5.32 Å². The van der Waals surface area contributed by atoms with Gasteiger partial charge in [0.15, 0.2) is 5.16 Å². The van der Waals surface area contributed by atoms with Crippen LogP contribution in [0.15, 0.2) is 53.9 Å². The van der Waals surface area contributed by atoms with Crippen LogP contribution < -0.4 is 5.32 Å². The number of benzene rings is 1. The van der Waals surface area contributed by atoms with Crippen molar-refractivity contribution in [2.75, 3.05) is 5.32 Å². The second-order valence-electron chi connectivity index (χ2n) is 5.25. The smallest absolute Gasteiger partial charge is 0.221 e. The topological polar surface area (TPSA) is 72.7 Å². The van der Waals surface area contributed by atoms with E-state index >= 15 is 0 Å². The Morgan fingerprint density at radius 1 is 1.25 bits per heavy atom. The molecule has 0 spiro atoms. The largest absolute Gasteiger partial charge is 0.326 e. The highest BCUT2D eigenvalue weighted by atomic mass is 32.2. The maximum Gasteiger partial charge on any atom is 0.221 e. The summed E-state index contributed by atoms with van der Waals surface area (Å²) in [5.41, 5.74) is 2.79. The van der Waals surface area contributed by atoms with Crippen molar-refractivity contribution in [3.63, 3.8) is 0 Å². The third-order valence-corrected chi connectivity index (χ3v) is 4.31. The minimum absolute atomic E-state index is 0.0983. The Hall–Kier alpha value is -2.67. The molecule has 122 valence electrons. The first-order chi connectivity index (χ1) is 11.6. The van der Waals surface area contributed by atoms with Gasteiger partial charge in [-0.2, -0.15) is 0 Å². The summed E-state index contributed by atoms with van der Waals surface area (Å²) in [5, 5.41) is 12.0. The molecule has 3 rings (SSSR count). The van der Waals surface area contributed by atoms with Gasteiger partial charge in [0.1, 0.15) is 5.82 Å². The van der Waals surface area contributed by atoms with Crippen molar-refractivity contribution in [1.82, 2.24) is 19.7 Å². The average molecular weight is 339 g/mol. The number of thioether (sulfide) groups is 1. The number of aromatic nitrogens is 4. The minimum Gasteiger partial charge on any atom is -0.326 e. The number of hydrogen-bond acceptors (Lipinski definition) is 5. The molecule has 1 N–H and O–H groups in total. The number of nitrogens with zero attached hydrogens (tertiary/aromatic N) is 4. The number of nitrogens with one attached hydrogen (secondary N) is 1. The summed E-state index contributed by atoms with van der Waals surface area (Å²) in [6.45, 7) is 3.40. The number of hydrogen-bond donors (Lipinski definition) is 1. The molecule has 1 aromatic carbocycles. The molecular formula is C17H17N5OS. The summed E-state index contributed by atoms with van der Waals surface area (Å²) < 4.78 is 1.98. The normalized spacial score (nSPS) is 10.6. The first-order valence-electron chi connectivity index (χ1n) is 7.45. The van der Waals surface area contributed by atoms with E-state index in [-0.39, 0.29) is 5.91 Å². The lowest BCUT2D eigenvalue weighted by Gasteiger charge is -2.10. The maximum absolute atomic E-state index is 11.3. The summed E-state index contributed by atoms with van der Waals surface area (Å²) in [7, 11) is 0. The highest BCUT2D eigenvalue weighted by molar-refractivity contribution is 7.98. The molecule has 3 aromatic rings. The second kappa shape index (κ2) is 7.27. The first kappa shape index (κ1) is 16.2. The SMILES string of the molecule is CC(=O)Nc1cccc(-n2c(C)nnc2SCc2cccnc2)c1. The van der Waals surface area contributed by atoms with Crippen LogP contribution in [0.4, 0.5) is 5.69 Å². The number of aryl methyl sites for hydroxylation is 1. The van der Waals surface area contributed by atoms with Gasteiger partial charge in [0.25, 0.3) is 0 Å². The zero-order valence-electron chi connectivity index (χ0n) is 13.4. The molecule has 0 aliphatic heterocycles. The predicted molar refractivity (Wildman–Crippen MR) is 94.2 cm³/mol. The number of anilines is 1. The Morgan fingerprint density at radius 2 is 2.12 bits per heavy atom. The molecule has 24 heavy (non-hydrogen) atoms. The highest BCUT2D eigenvalue weighted by Gasteiger charge is 2.12. The van der Waals surface area contributed by atoms with E-state index in [0.29, 0.717) is 0 Å². The highest BCUT2D eigenvalue weighted by Crippen LogP contribution is 2.26. The van der Waals surface area contributed by atoms with Gasteiger partial charge in [0, 0.05) is 30.8 Å². The zero-order chi connectivity index (χ0) is 16.9. The third kappa shape index (κ3) is 3.80. The summed E-state index contributed by atoms with van der Waals surface area (Å²) in [5.74, 6) is 1.46. The molecule has 0 fully saturated rings. The van der Waals surface area contributed by atoms with Crippen LogP contribution in [0.25, 0.3) is 5.69 Å². The lowest BCUT2D eigenvalue weighted by atomic mass is 10.2. The molecule has 0 atom stereocenters. The van der Waals surface area contributed by atoms with E-state index in [1.807, 2.05) is 54.1 Å². The Bertz CT molecular complexity index is 847. The fraction of sp³-hybridized carbons (Fsp3) is 0.176. The fourth-order valence-corrected chi connectivity index (χ4v) is 3.22. The van der Waals surface area contributed by atoms with E-state index in [2.05, 4.69) is 20.5 Å². The molecular weight excluding hydrogens is 322 g/mol. The van der Waals surface area contributed by atoms with Crippen LogP contribution >= 0.6 is 11.8 Å². The second-order valence-corrected chi connectivity index (χ2v) is 6.19. The predicted octanol–water partition coefficient (Wildman–Crippen LogP) is 3.22. The van der Waals surface area contributed by atoms with Crippen molar-refractivity contribution in [3.05, 3.63) is 60.2 Å². The van der Waals surface area contributed by atoms with Gasteiger partial charge in [0.2, 0.25) is 5.91 Å². The van der Waals surface area contributed by atoms with Crippen LogP contribution in [0, 0.1) is 6.92 Å². The summed E-state index contributed by atoms with van der Waals surface area (Å²) in [6.07, 6.45) is 3.60. The molecule has 0 aliphatic carbocycles. The molecule has 0 bridgehead atoms. The van der Waals surface area contributed by atoms with Crippen LogP contribution in [-0.4, -0.2) is 25.7 Å². The van der Waals surface area contributed by atoms with Crippen molar-refractivity contribution >= 4 is 23.4 Å². The molecule has 0 unspecified atom stereocenters. The average Bonchev–Trinajstić information content (AvgIpc) is 2.94. The number of pyridine rings is 1. The van der Waals surface area contributed by atoms with E-state index < -0.39 is 0 Å². The van der Waals surface area contributed by atoms with Gasteiger partial charge in [-0.3, -0.25) is 14.3 Å². The molecule has 7 heteroatoms. The lowest BCUT2D eigenvalue weighted by Crippen LogP contribution is -2.07. The molecule has 0 aliphatic rings. The van der Waals surface area contributed by atoms with Crippen LogP contribution in [0.5, 0.6) is 0 Å². The summed E-state index contributed by atoms with van der Waals surface area (Å²) in [4.78, 5) is 15.4. The van der Waals surface area contributed by atoms with Gasteiger partial charge in [0.05, 0.1) is 5.69 Å². The summed E-state index contributed by atoms with van der Waals surface area (Å²) in [6, 6.07) is 11.6. The quantitative estimate of drug-likeness (QED) is 0.723. The summed E-state index contributed by atoms with van der Waals surface area (Å²) >= 11 is 1.60. The van der Waals surface area contributed by atoms with Crippen molar-refractivity contribution in [1.29, 1.82) is 0 Å². The monoisotopic (exact) mass is 339 g/mol. The van der Waals surface area contributed by atoms with E-state index in [0.717, 1.165) is 33.7 Å². The van der Waals surface area contributed by atoms with Crippen LogP contribution in [0.1, 0.15) is 18.3 Å². The molecule has 0 radical (unpaired) electrons.